The second-order valence-electron chi connectivity index (χ2n) is 3.39. The molecule has 0 aliphatic rings. The van der Waals surface area contributed by atoms with E-state index in [4.69, 9.17) is 0 Å². The summed E-state index contributed by atoms with van der Waals surface area (Å²) in [4.78, 5) is 0. The van der Waals surface area contributed by atoms with E-state index in [1.54, 1.807) is 0 Å². The van der Waals surface area contributed by atoms with Crippen LogP contribution in [0.2, 0.25) is 25.7 Å². The monoisotopic (exact) mass is 206 g/mol. The van der Waals surface area contributed by atoms with Gasteiger partial charge in [0.1, 0.15) is 0 Å². The molecule has 0 fully saturated rings. The summed E-state index contributed by atoms with van der Waals surface area (Å²) in [5.41, 5.74) is 0. The van der Waals surface area contributed by atoms with E-state index in [1.165, 1.54) is 6.04 Å². The van der Waals surface area contributed by atoms with Gasteiger partial charge in [-0.1, -0.05) is 47.7 Å². The molecule has 0 bridgehead atoms. The van der Waals surface area contributed by atoms with Crippen LogP contribution in [0, 0.1) is 0 Å². The Kier molecular flexibility index (Phi) is 4.49. The minimum absolute atomic E-state index is 0.802. The molecule has 0 aromatic rings. The highest BCUT2D eigenvalue weighted by molar-refractivity contribution is 9.09. The Morgan fingerprint density at radius 3 is 2.11 bits per heavy atom. The van der Waals surface area contributed by atoms with E-state index in [-0.39, 0.29) is 0 Å². The molecule has 0 rings (SSSR count). The summed E-state index contributed by atoms with van der Waals surface area (Å²) >= 11 is 3.35. The number of hydrogen-bond donors (Lipinski definition) is 0. The zero-order chi connectivity index (χ0) is 7.33. The van der Waals surface area contributed by atoms with Crippen molar-refractivity contribution in [3.8, 4) is 0 Å². The van der Waals surface area contributed by atoms with Crippen LogP contribution in [0.4, 0.5) is 0 Å². The molecule has 54 valence electrons. The van der Waals surface area contributed by atoms with Crippen LogP contribution in [-0.4, -0.2) is 13.4 Å². The van der Waals surface area contributed by atoms with Crippen molar-refractivity contribution in [1.29, 1.82) is 0 Å². The van der Waals surface area contributed by atoms with Crippen molar-refractivity contribution in [2.75, 3.05) is 5.33 Å². The summed E-state index contributed by atoms with van der Waals surface area (Å²) in [5, 5.41) is 0.998. The van der Waals surface area contributed by atoms with Gasteiger partial charge in [-0.05, 0) is 6.04 Å². The van der Waals surface area contributed by atoms with Gasteiger partial charge >= 0.3 is 0 Å². The maximum Gasteiger partial charge on any atom is 0.0480 e. The summed E-state index contributed by atoms with van der Waals surface area (Å²) in [5.74, 6) is 0. The standard InChI is InChI=1S/C7H15BrSi/c1-9(2,3)7-5-4-6-8/h4-5H,6-7H2,1-3H3/b5-4+. The fourth-order valence-corrected chi connectivity index (χ4v) is 1.64. The van der Waals surface area contributed by atoms with Crippen LogP contribution in [0.5, 0.6) is 0 Å². The number of alkyl halides is 1. The minimum Gasteiger partial charge on any atom is -0.0904 e. The number of halogens is 1. The van der Waals surface area contributed by atoms with Crippen LogP contribution in [0.25, 0.3) is 0 Å². The Balaban J connectivity index is 3.38. The van der Waals surface area contributed by atoms with Crippen LogP contribution >= 0.6 is 15.9 Å². The molecule has 0 nitrogen and oxygen atoms in total. The molecule has 9 heavy (non-hydrogen) atoms. The maximum absolute atomic E-state index is 3.35. The first kappa shape index (κ1) is 9.44. The average Bonchev–Trinajstić information content (AvgIpc) is 1.63. The molecular formula is C7H15BrSi. The van der Waals surface area contributed by atoms with Gasteiger partial charge in [-0.2, -0.15) is 0 Å². The zero-order valence-electron chi connectivity index (χ0n) is 6.45. The molecule has 0 aromatic heterocycles. The van der Waals surface area contributed by atoms with E-state index in [1.807, 2.05) is 0 Å². The fourth-order valence-electron chi connectivity index (χ4n) is 0.500. The largest absolute Gasteiger partial charge is 0.0904 e. The van der Waals surface area contributed by atoms with Crippen LogP contribution in [0.3, 0.4) is 0 Å². The molecule has 0 heterocycles. The maximum atomic E-state index is 3.35. The van der Waals surface area contributed by atoms with Crippen molar-refractivity contribution in [2.24, 2.45) is 0 Å². The van der Waals surface area contributed by atoms with Crippen molar-refractivity contribution in [3.05, 3.63) is 12.2 Å². The highest BCUT2D eigenvalue weighted by Crippen LogP contribution is 2.08. The van der Waals surface area contributed by atoms with Gasteiger partial charge < -0.3 is 0 Å². The number of allylic oxidation sites excluding steroid dienone is 2. The smallest absolute Gasteiger partial charge is 0.0480 e. The minimum atomic E-state index is -0.802. The predicted molar refractivity (Wildman–Crippen MR) is 51.1 cm³/mol. The number of hydrogen-bond acceptors (Lipinski definition) is 0. The van der Waals surface area contributed by atoms with E-state index in [0.717, 1.165) is 5.33 Å². The van der Waals surface area contributed by atoms with Crippen LogP contribution in [0.15, 0.2) is 12.2 Å². The average molecular weight is 207 g/mol. The Hall–Kier alpha value is 0.437. The van der Waals surface area contributed by atoms with Crippen molar-refractivity contribution in [1.82, 2.24) is 0 Å². The summed E-state index contributed by atoms with van der Waals surface area (Å²) in [6.07, 6.45) is 4.46. The normalized spacial score (nSPS) is 12.9. The summed E-state index contributed by atoms with van der Waals surface area (Å²) in [7, 11) is -0.802. The summed E-state index contributed by atoms with van der Waals surface area (Å²) in [6.45, 7) is 7.14. The number of rotatable bonds is 3. The molecule has 0 aliphatic heterocycles. The Bertz CT molecular complexity index is 91.6. The van der Waals surface area contributed by atoms with E-state index in [2.05, 4.69) is 47.7 Å². The molecule has 0 unspecified atom stereocenters. The molecule has 0 aliphatic carbocycles. The van der Waals surface area contributed by atoms with E-state index in [0.29, 0.717) is 0 Å². The lowest BCUT2D eigenvalue weighted by Gasteiger charge is -2.11. The SMILES string of the molecule is C[Si](C)(C)C/C=C/CBr. The van der Waals surface area contributed by atoms with E-state index >= 15 is 0 Å². The lowest BCUT2D eigenvalue weighted by Crippen LogP contribution is -2.17. The van der Waals surface area contributed by atoms with Gasteiger partial charge in [0.15, 0.2) is 0 Å². The molecular weight excluding hydrogens is 192 g/mol. The second-order valence-corrected chi connectivity index (χ2v) is 9.57. The van der Waals surface area contributed by atoms with Crippen LogP contribution in [0.1, 0.15) is 0 Å². The molecule has 0 radical (unpaired) electrons. The zero-order valence-corrected chi connectivity index (χ0v) is 9.03. The predicted octanol–water partition coefficient (Wildman–Crippen LogP) is 3.28. The third-order valence-corrected chi connectivity index (χ3v) is 2.82. The van der Waals surface area contributed by atoms with Crippen LogP contribution in [-0.2, 0) is 0 Å². The van der Waals surface area contributed by atoms with Gasteiger partial charge in [0.25, 0.3) is 0 Å². The van der Waals surface area contributed by atoms with Gasteiger partial charge in [0, 0.05) is 13.4 Å². The Labute approximate surface area is 67.5 Å². The van der Waals surface area contributed by atoms with E-state index in [9.17, 15) is 0 Å². The first-order valence-corrected chi connectivity index (χ1v) is 8.10. The van der Waals surface area contributed by atoms with Crippen LogP contribution < -0.4 is 0 Å². The highest BCUT2D eigenvalue weighted by atomic mass is 79.9. The lowest BCUT2D eigenvalue weighted by molar-refractivity contribution is 1.49. The van der Waals surface area contributed by atoms with Crippen molar-refractivity contribution >= 4 is 24.0 Å². The van der Waals surface area contributed by atoms with Crippen molar-refractivity contribution < 1.29 is 0 Å². The molecule has 0 N–H and O–H groups in total. The Morgan fingerprint density at radius 2 is 1.78 bits per heavy atom. The highest BCUT2D eigenvalue weighted by Gasteiger charge is 2.08. The van der Waals surface area contributed by atoms with Gasteiger partial charge in [-0.15, -0.1) is 0 Å². The second kappa shape index (κ2) is 4.28. The molecule has 0 saturated carbocycles. The van der Waals surface area contributed by atoms with Gasteiger partial charge in [0.05, 0.1) is 0 Å². The Morgan fingerprint density at radius 1 is 1.22 bits per heavy atom. The fraction of sp³-hybridized carbons (Fsp3) is 0.714. The molecule has 0 atom stereocenters. The van der Waals surface area contributed by atoms with Crippen molar-refractivity contribution in [3.63, 3.8) is 0 Å². The summed E-state index contributed by atoms with van der Waals surface area (Å²) in [6, 6.07) is 1.30. The molecule has 2 heteroatoms. The topological polar surface area (TPSA) is 0 Å². The lowest BCUT2D eigenvalue weighted by atomic mass is 10.6. The first-order chi connectivity index (χ1) is 4.06. The van der Waals surface area contributed by atoms with E-state index < -0.39 is 8.07 Å². The molecule has 0 saturated heterocycles. The first-order valence-electron chi connectivity index (χ1n) is 3.27. The third kappa shape index (κ3) is 8.44. The summed E-state index contributed by atoms with van der Waals surface area (Å²) < 4.78 is 0. The third-order valence-electron chi connectivity index (χ3n) is 0.986. The van der Waals surface area contributed by atoms with Crippen molar-refractivity contribution in [2.45, 2.75) is 25.7 Å². The van der Waals surface area contributed by atoms with Gasteiger partial charge in [0.2, 0.25) is 0 Å². The molecule has 0 amide bonds. The molecule has 0 aromatic carbocycles. The van der Waals surface area contributed by atoms with Gasteiger partial charge in [-0.3, -0.25) is 0 Å². The molecule has 0 spiro atoms. The quantitative estimate of drug-likeness (QED) is 0.378. The van der Waals surface area contributed by atoms with Gasteiger partial charge in [-0.25, -0.2) is 0 Å².